The highest BCUT2D eigenvalue weighted by atomic mass is 32.2. The summed E-state index contributed by atoms with van der Waals surface area (Å²) in [5.41, 5.74) is 0. The fourth-order valence-electron chi connectivity index (χ4n) is 3.18. The molecule has 0 aliphatic carbocycles. The summed E-state index contributed by atoms with van der Waals surface area (Å²) < 4.78 is 0. The molecule has 0 spiro atoms. The van der Waals surface area contributed by atoms with Gasteiger partial charge in [0, 0.05) is 16.7 Å². The van der Waals surface area contributed by atoms with Crippen LogP contribution in [0.5, 0.6) is 0 Å². The molecule has 2 aliphatic heterocycles. The molecule has 0 radical (unpaired) electrons. The zero-order valence-electron chi connectivity index (χ0n) is 12.6. The topological polar surface area (TPSA) is 32.3 Å². The highest BCUT2D eigenvalue weighted by molar-refractivity contribution is 8.00. The highest BCUT2D eigenvalue weighted by Crippen LogP contribution is 2.34. The molecular formula is C16H24N2OS2. The number of carbonyl (C=O) groups excluding carboxylic acids is 1. The molecule has 0 aromatic carbocycles. The number of amides is 1. The Balaban J connectivity index is 1.73. The Morgan fingerprint density at radius 3 is 3.05 bits per heavy atom. The summed E-state index contributed by atoms with van der Waals surface area (Å²) in [5.74, 6) is 1.57. The molecule has 3 unspecified atom stereocenters. The van der Waals surface area contributed by atoms with Gasteiger partial charge in [-0.2, -0.15) is 11.8 Å². The van der Waals surface area contributed by atoms with Crippen LogP contribution in [-0.4, -0.2) is 34.4 Å². The molecule has 5 heteroatoms. The first-order chi connectivity index (χ1) is 10.3. The van der Waals surface area contributed by atoms with Gasteiger partial charge in [0.2, 0.25) is 5.91 Å². The molecular weight excluding hydrogens is 300 g/mol. The molecule has 3 nitrogen and oxygen atoms in total. The zero-order valence-corrected chi connectivity index (χ0v) is 14.2. The van der Waals surface area contributed by atoms with Gasteiger partial charge in [0.1, 0.15) is 6.17 Å². The first kappa shape index (κ1) is 15.4. The quantitative estimate of drug-likeness (QED) is 0.867. The second-order valence-electron chi connectivity index (χ2n) is 5.91. The van der Waals surface area contributed by atoms with Crippen molar-refractivity contribution >= 4 is 29.0 Å². The third-order valence-electron chi connectivity index (χ3n) is 4.34. The Morgan fingerprint density at radius 2 is 2.38 bits per heavy atom. The van der Waals surface area contributed by atoms with E-state index in [1.54, 1.807) is 11.3 Å². The van der Waals surface area contributed by atoms with E-state index in [0.717, 1.165) is 25.8 Å². The number of carbonyl (C=O) groups is 1. The molecule has 0 bridgehead atoms. The number of thioether (sulfide) groups is 1. The fourth-order valence-corrected chi connectivity index (χ4v) is 5.24. The molecule has 1 amide bonds. The van der Waals surface area contributed by atoms with Gasteiger partial charge in [-0.05, 0) is 36.5 Å². The van der Waals surface area contributed by atoms with Crippen LogP contribution in [0.2, 0.25) is 0 Å². The van der Waals surface area contributed by atoms with Gasteiger partial charge in [-0.3, -0.25) is 10.1 Å². The van der Waals surface area contributed by atoms with Gasteiger partial charge in [0.25, 0.3) is 0 Å². The summed E-state index contributed by atoms with van der Waals surface area (Å²) in [7, 11) is 0. The normalized spacial score (nSPS) is 29.5. The Kier molecular flexibility index (Phi) is 5.24. The van der Waals surface area contributed by atoms with E-state index in [9.17, 15) is 4.79 Å². The van der Waals surface area contributed by atoms with Crippen molar-refractivity contribution in [1.82, 2.24) is 10.2 Å². The Bertz CT molecular complexity index is 457. The molecule has 3 rings (SSSR count). The highest BCUT2D eigenvalue weighted by Gasteiger charge is 2.40. The number of unbranched alkanes of at least 4 members (excludes halogenated alkanes) is 1. The average molecular weight is 325 g/mol. The summed E-state index contributed by atoms with van der Waals surface area (Å²) in [6, 6.07) is 4.24. The number of hydrogen-bond donors (Lipinski definition) is 1. The van der Waals surface area contributed by atoms with Crippen LogP contribution in [0.4, 0.5) is 0 Å². The minimum Gasteiger partial charge on any atom is -0.320 e. The van der Waals surface area contributed by atoms with Gasteiger partial charge in [-0.1, -0.05) is 25.8 Å². The molecule has 1 aromatic rings. The van der Waals surface area contributed by atoms with Crippen LogP contribution in [0, 0.1) is 0 Å². The van der Waals surface area contributed by atoms with E-state index in [4.69, 9.17) is 0 Å². The van der Waals surface area contributed by atoms with Gasteiger partial charge in [0.15, 0.2) is 0 Å². The van der Waals surface area contributed by atoms with Crippen LogP contribution < -0.4 is 5.32 Å². The van der Waals surface area contributed by atoms with Crippen molar-refractivity contribution in [3.63, 3.8) is 0 Å². The van der Waals surface area contributed by atoms with Crippen LogP contribution in [0.3, 0.4) is 0 Å². The van der Waals surface area contributed by atoms with Crippen molar-refractivity contribution in [2.45, 2.75) is 56.5 Å². The fraction of sp³-hybridized carbons (Fsp3) is 0.688. The first-order valence-corrected chi connectivity index (χ1v) is 9.94. The van der Waals surface area contributed by atoms with Gasteiger partial charge >= 0.3 is 0 Å². The second kappa shape index (κ2) is 7.16. The predicted molar refractivity (Wildman–Crippen MR) is 90.7 cm³/mol. The summed E-state index contributed by atoms with van der Waals surface area (Å²) in [4.78, 5) is 16.1. The van der Waals surface area contributed by atoms with Gasteiger partial charge in [-0.15, -0.1) is 11.3 Å². The van der Waals surface area contributed by atoms with E-state index in [-0.39, 0.29) is 12.2 Å². The van der Waals surface area contributed by atoms with E-state index in [2.05, 4.69) is 34.7 Å². The van der Waals surface area contributed by atoms with E-state index >= 15 is 0 Å². The predicted octanol–water partition coefficient (Wildman–Crippen LogP) is 3.63. The lowest BCUT2D eigenvalue weighted by Crippen LogP contribution is -2.35. The maximum atomic E-state index is 12.8. The largest absolute Gasteiger partial charge is 0.320 e. The Labute approximate surface area is 135 Å². The lowest BCUT2D eigenvalue weighted by atomic mass is 10.1. The molecule has 1 N–H and O–H groups in total. The lowest BCUT2D eigenvalue weighted by Gasteiger charge is -2.26. The number of hydrogen-bond acceptors (Lipinski definition) is 4. The van der Waals surface area contributed by atoms with E-state index in [1.165, 1.54) is 23.5 Å². The number of nitrogens with one attached hydrogen (secondary N) is 1. The van der Waals surface area contributed by atoms with Crippen LogP contribution in [-0.2, 0) is 4.79 Å². The standard InChI is InChI=1S/C16H24N2OS2/c1-2-3-7-13-16(19)18(11-12-6-4-9-20-12)15(17-13)14-8-5-10-21-14/h5,8,10,12-13,15,17H,2-4,6-7,9,11H2,1H3. The smallest absolute Gasteiger partial charge is 0.241 e. The van der Waals surface area contributed by atoms with E-state index in [1.807, 2.05) is 11.8 Å². The Hall–Kier alpha value is -0.520. The van der Waals surface area contributed by atoms with Crippen LogP contribution in [0.15, 0.2) is 17.5 Å². The van der Waals surface area contributed by atoms with Crippen molar-refractivity contribution in [2.24, 2.45) is 0 Å². The molecule has 21 heavy (non-hydrogen) atoms. The summed E-state index contributed by atoms with van der Waals surface area (Å²) >= 11 is 3.78. The molecule has 116 valence electrons. The summed E-state index contributed by atoms with van der Waals surface area (Å²) in [6.07, 6.45) is 5.88. The van der Waals surface area contributed by atoms with Crippen molar-refractivity contribution in [2.75, 3.05) is 12.3 Å². The molecule has 3 heterocycles. The monoisotopic (exact) mass is 324 g/mol. The molecule has 1 aromatic heterocycles. The third kappa shape index (κ3) is 3.46. The van der Waals surface area contributed by atoms with Crippen LogP contribution in [0.25, 0.3) is 0 Å². The minimum atomic E-state index is 0.0171. The van der Waals surface area contributed by atoms with Crippen molar-refractivity contribution in [3.05, 3.63) is 22.4 Å². The van der Waals surface area contributed by atoms with Gasteiger partial charge < -0.3 is 4.90 Å². The number of nitrogens with zero attached hydrogens (tertiary/aromatic N) is 1. The van der Waals surface area contributed by atoms with Crippen LogP contribution >= 0.6 is 23.1 Å². The van der Waals surface area contributed by atoms with Gasteiger partial charge in [-0.25, -0.2) is 0 Å². The molecule has 2 aliphatic rings. The molecule has 0 saturated carbocycles. The van der Waals surface area contributed by atoms with Crippen molar-refractivity contribution < 1.29 is 4.79 Å². The maximum Gasteiger partial charge on any atom is 0.241 e. The van der Waals surface area contributed by atoms with E-state index < -0.39 is 0 Å². The minimum absolute atomic E-state index is 0.0171. The molecule has 3 atom stereocenters. The summed E-state index contributed by atoms with van der Waals surface area (Å²) in [5, 5.41) is 6.31. The third-order valence-corrected chi connectivity index (χ3v) is 6.64. The van der Waals surface area contributed by atoms with Crippen LogP contribution in [0.1, 0.15) is 50.1 Å². The average Bonchev–Trinajstić information content (AvgIpc) is 3.21. The molecule has 2 fully saturated rings. The number of rotatable bonds is 6. The van der Waals surface area contributed by atoms with Crippen molar-refractivity contribution in [3.8, 4) is 0 Å². The molecule has 2 saturated heterocycles. The maximum absolute atomic E-state index is 12.8. The Morgan fingerprint density at radius 1 is 1.48 bits per heavy atom. The van der Waals surface area contributed by atoms with Gasteiger partial charge in [0.05, 0.1) is 6.04 Å². The SMILES string of the molecule is CCCCC1NC(c2cccs2)N(CC2CCCS2)C1=O. The zero-order chi connectivity index (χ0) is 14.7. The van der Waals surface area contributed by atoms with E-state index in [0.29, 0.717) is 11.2 Å². The second-order valence-corrected chi connectivity index (χ2v) is 8.29. The summed E-state index contributed by atoms with van der Waals surface area (Å²) in [6.45, 7) is 3.09. The number of thiophene rings is 1. The van der Waals surface area contributed by atoms with Crippen molar-refractivity contribution in [1.29, 1.82) is 0 Å². The first-order valence-electron chi connectivity index (χ1n) is 8.01. The lowest BCUT2D eigenvalue weighted by molar-refractivity contribution is -0.130.